The molecule has 1 aliphatic heterocycles. The molecule has 1 amide bonds. The largest absolute Gasteiger partial charge is 0.367 e. The topological polar surface area (TPSA) is 58.2 Å². The highest BCUT2D eigenvalue weighted by Crippen LogP contribution is 2.26. The number of amides is 1. The summed E-state index contributed by atoms with van der Waals surface area (Å²) in [6.07, 6.45) is 3.74. The van der Waals surface area contributed by atoms with Crippen molar-refractivity contribution in [2.45, 2.75) is 25.4 Å². The normalized spacial score (nSPS) is 15.9. The average molecular weight is 299 g/mol. The molecule has 5 heteroatoms. The van der Waals surface area contributed by atoms with Crippen LogP contribution in [0.4, 0.5) is 0 Å². The number of rotatable bonds is 5. The molecule has 1 aromatic carbocycles. The highest BCUT2D eigenvalue weighted by atomic mass is 16.5. The second-order valence-corrected chi connectivity index (χ2v) is 5.65. The summed E-state index contributed by atoms with van der Waals surface area (Å²) in [7, 11) is 0. The van der Waals surface area contributed by atoms with Crippen LogP contribution in [0.2, 0.25) is 0 Å². The molecular formula is C17H21N3O2. The lowest BCUT2D eigenvalue weighted by atomic mass is 9.94. The van der Waals surface area contributed by atoms with Gasteiger partial charge in [-0.15, -0.1) is 0 Å². The van der Waals surface area contributed by atoms with Gasteiger partial charge in [0.25, 0.3) is 0 Å². The molecule has 0 bridgehead atoms. The third-order valence-corrected chi connectivity index (χ3v) is 4.15. The van der Waals surface area contributed by atoms with E-state index in [1.807, 2.05) is 41.3 Å². The van der Waals surface area contributed by atoms with Gasteiger partial charge >= 0.3 is 0 Å². The number of nitrogens with one attached hydrogen (secondary N) is 1. The Bertz CT molecular complexity index is 575. The third kappa shape index (κ3) is 3.74. The first kappa shape index (κ1) is 14.8. The highest BCUT2D eigenvalue weighted by Gasteiger charge is 2.24. The number of carbonyl (C=O) groups is 1. The number of aromatic nitrogens is 2. The fourth-order valence-electron chi connectivity index (χ4n) is 2.86. The van der Waals surface area contributed by atoms with Crippen LogP contribution < -0.4 is 0 Å². The van der Waals surface area contributed by atoms with Crippen LogP contribution in [0.15, 0.2) is 42.6 Å². The fourth-order valence-corrected chi connectivity index (χ4v) is 2.86. The number of H-pyrrole nitrogens is 1. The number of likely N-dealkylation sites (tertiary alicyclic amines) is 1. The Labute approximate surface area is 130 Å². The minimum absolute atomic E-state index is 0.0824. The number of aromatic amines is 1. The number of hydrogen-bond donors (Lipinski definition) is 1. The molecule has 1 aliphatic rings. The molecule has 1 aromatic heterocycles. The van der Waals surface area contributed by atoms with Crippen molar-refractivity contribution in [1.29, 1.82) is 0 Å². The number of hydrogen-bond acceptors (Lipinski definition) is 3. The van der Waals surface area contributed by atoms with Gasteiger partial charge in [-0.25, -0.2) is 0 Å². The maximum absolute atomic E-state index is 12.2. The van der Waals surface area contributed by atoms with E-state index in [1.54, 1.807) is 6.20 Å². The smallest absolute Gasteiger partial charge is 0.248 e. The fraction of sp³-hybridized carbons (Fsp3) is 0.412. The monoisotopic (exact) mass is 299 g/mol. The van der Waals surface area contributed by atoms with Crippen LogP contribution in [0.3, 0.4) is 0 Å². The van der Waals surface area contributed by atoms with E-state index in [9.17, 15) is 4.79 Å². The van der Waals surface area contributed by atoms with Crippen molar-refractivity contribution in [3.63, 3.8) is 0 Å². The van der Waals surface area contributed by atoms with E-state index in [-0.39, 0.29) is 12.5 Å². The van der Waals surface area contributed by atoms with Gasteiger partial charge < -0.3 is 9.64 Å². The maximum atomic E-state index is 12.2. The molecule has 116 valence electrons. The van der Waals surface area contributed by atoms with Crippen molar-refractivity contribution < 1.29 is 9.53 Å². The predicted octanol–water partition coefficient (Wildman–Crippen LogP) is 2.33. The van der Waals surface area contributed by atoms with Gasteiger partial charge in [-0.1, -0.05) is 30.3 Å². The zero-order valence-electron chi connectivity index (χ0n) is 12.6. The molecule has 22 heavy (non-hydrogen) atoms. The first-order chi connectivity index (χ1) is 10.8. The van der Waals surface area contributed by atoms with Crippen LogP contribution in [0.25, 0.3) is 0 Å². The summed E-state index contributed by atoms with van der Waals surface area (Å²) in [6, 6.07) is 11.9. The number of piperidine rings is 1. The van der Waals surface area contributed by atoms with Gasteiger partial charge in [0.2, 0.25) is 5.91 Å². The van der Waals surface area contributed by atoms with E-state index < -0.39 is 0 Å². The van der Waals surface area contributed by atoms with Gasteiger partial charge in [-0.3, -0.25) is 9.89 Å². The van der Waals surface area contributed by atoms with Crippen molar-refractivity contribution >= 4 is 5.91 Å². The molecule has 0 unspecified atom stereocenters. The second-order valence-electron chi connectivity index (χ2n) is 5.65. The Hall–Kier alpha value is -2.14. The number of ether oxygens (including phenoxy) is 1. The van der Waals surface area contributed by atoms with Crippen molar-refractivity contribution in [2.24, 2.45) is 0 Å². The van der Waals surface area contributed by atoms with E-state index >= 15 is 0 Å². The van der Waals surface area contributed by atoms with Crippen LogP contribution in [-0.2, 0) is 16.1 Å². The average Bonchev–Trinajstić information content (AvgIpc) is 3.10. The van der Waals surface area contributed by atoms with E-state index in [0.717, 1.165) is 31.5 Å². The standard InChI is InChI=1S/C17H21N3O2/c21-17(13-22-12-14-4-2-1-3-5-14)20-10-7-15(8-11-20)16-6-9-18-19-16/h1-6,9,15H,7-8,10-13H2,(H,18,19). The molecular weight excluding hydrogens is 278 g/mol. The molecule has 0 spiro atoms. The summed E-state index contributed by atoms with van der Waals surface area (Å²) in [6.45, 7) is 2.22. The van der Waals surface area contributed by atoms with Crippen molar-refractivity contribution in [2.75, 3.05) is 19.7 Å². The van der Waals surface area contributed by atoms with Crippen LogP contribution in [-0.4, -0.2) is 40.7 Å². The summed E-state index contributed by atoms with van der Waals surface area (Å²) in [5.74, 6) is 0.566. The SMILES string of the molecule is O=C(COCc1ccccc1)N1CCC(c2ccn[nH]2)CC1. The molecule has 1 saturated heterocycles. The molecule has 2 heterocycles. The summed E-state index contributed by atoms with van der Waals surface area (Å²) < 4.78 is 5.53. The predicted molar refractivity (Wildman–Crippen MR) is 83.2 cm³/mol. The second kappa shape index (κ2) is 7.22. The van der Waals surface area contributed by atoms with Crippen LogP contribution in [0, 0.1) is 0 Å². The van der Waals surface area contributed by atoms with Crippen LogP contribution >= 0.6 is 0 Å². The van der Waals surface area contributed by atoms with Gasteiger partial charge in [-0.05, 0) is 24.5 Å². The zero-order chi connectivity index (χ0) is 15.2. The molecule has 1 fully saturated rings. The van der Waals surface area contributed by atoms with E-state index in [0.29, 0.717) is 12.5 Å². The summed E-state index contributed by atoms with van der Waals surface area (Å²) in [5.41, 5.74) is 2.26. The Morgan fingerprint density at radius 2 is 2.00 bits per heavy atom. The van der Waals surface area contributed by atoms with Crippen molar-refractivity contribution in [3.05, 3.63) is 53.9 Å². The first-order valence-corrected chi connectivity index (χ1v) is 7.71. The number of benzene rings is 1. The van der Waals surface area contributed by atoms with E-state index in [4.69, 9.17) is 4.74 Å². The van der Waals surface area contributed by atoms with Gasteiger partial charge in [-0.2, -0.15) is 5.10 Å². The van der Waals surface area contributed by atoms with Gasteiger partial charge in [0.1, 0.15) is 6.61 Å². The first-order valence-electron chi connectivity index (χ1n) is 7.71. The van der Waals surface area contributed by atoms with Crippen LogP contribution in [0.5, 0.6) is 0 Å². The Balaban J connectivity index is 1.40. The molecule has 0 aliphatic carbocycles. The molecule has 0 atom stereocenters. The number of carbonyl (C=O) groups excluding carboxylic acids is 1. The van der Waals surface area contributed by atoms with Gasteiger partial charge in [0.15, 0.2) is 0 Å². The lowest BCUT2D eigenvalue weighted by Gasteiger charge is -2.31. The van der Waals surface area contributed by atoms with Gasteiger partial charge in [0.05, 0.1) is 6.61 Å². The van der Waals surface area contributed by atoms with Crippen molar-refractivity contribution in [1.82, 2.24) is 15.1 Å². The quantitative estimate of drug-likeness (QED) is 0.922. The molecule has 1 N–H and O–H groups in total. The van der Waals surface area contributed by atoms with Crippen molar-refractivity contribution in [3.8, 4) is 0 Å². The zero-order valence-corrected chi connectivity index (χ0v) is 12.6. The molecule has 3 rings (SSSR count). The molecule has 2 aromatic rings. The lowest BCUT2D eigenvalue weighted by molar-refractivity contribution is -0.137. The van der Waals surface area contributed by atoms with Crippen LogP contribution in [0.1, 0.15) is 30.0 Å². The molecule has 0 radical (unpaired) electrons. The third-order valence-electron chi connectivity index (χ3n) is 4.15. The molecule has 5 nitrogen and oxygen atoms in total. The van der Waals surface area contributed by atoms with E-state index in [1.165, 1.54) is 5.69 Å². The summed E-state index contributed by atoms with van der Waals surface area (Å²) in [5, 5.41) is 7.02. The van der Waals surface area contributed by atoms with E-state index in [2.05, 4.69) is 10.2 Å². The maximum Gasteiger partial charge on any atom is 0.248 e. The number of nitrogens with zero attached hydrogens (tertiary/aromatic N) is 2. The summed E-state index contributed by atoms with van der Waals surface area (Å²) >= 11 is 0. The summed E-state index contributed by atoms with van der Waals surface area (Å²) in [4.78, 5) is 14.1. The Morgan fingerprint density at radius 3 is 2.68 bits per heavy atom. The lowest BCUT2D eigenvalue weighted by Crippen LogP contribution is -2.40. The Morgan fingerprint density at radius 1 is 1.23 bits per heavy atom. The molecule has 0 saturated carbocycles. The Kier molecular flexibility index (Phi) is 4.85. The van der Waals surface area contributed by atoms with Gasteiger partial charge in [0, 0.05) is 30.9 Å². The minimum Gasteiger partial charge on any atom is -0.367 e. The minimum atomic E-state index is 0.0824. The highest BCUT2D eigenvalue weighted by molar-refractivity contribution is 5.77.